The third kappa shape index (κ3) is 3.29. The summed E-state index contributed by atoms with van der Waals surface area (Å²) in [4.78, 5) is 28.7. The second-order valence-corrected chi connectivity index (χ2v) is 8.68. The minimum absolute atomic E-state index is 0.251. The van der Waals surface area contributed by atoms with Crippen LogP contribution in [0.5, 0.6) is 0 Å². The molecule has 6 aromatic rings. The molecule has 0 atom stereocenters. The van der Waals surface area contributed by atoms with Gasteiger partial charge < -0.3 is 20.3 Å². The number of para-hydroxylation sites is 1. The molecule has 0 aliphatic heterocycles. The summed E-state index contributed by atoms with van der Waals surface area (Å²) in [5.74, 6) is 0. The summed E-state index contributed by atoms with van der Waals surface area (Å²) >= 11 is 6.19. The van der Waals surface area contributed by atoms with E-state index in [9.17, 15) is 4.79 Å². The molecule has 8 heteroatoms. The maximum Gasteiger partial charge on any atom is 0.275 e. The van der Waals surface area contributed by atoms with E-state index in [-0.39, 0.29) is 5.56 Å². The first-order valence-electron chi connectivity index (χ1n) is 11.1. The lowest BCUT2D eigenvalue weighted by Crippen LogP contribution is -2.12. The third-order valence-corrected chi connectivity index (χ3v) is 6.40. The molecule has 3 aromatic carbocycles. The molecule has 0 saturated carbocycles. The zero-order valence-electron chi connectivity index (χ0n) is 18.2. The molecule has 0 saturated heterocycles. The number of halogens is 1. The molecule has 168 valence electrons. The number of hydrogen-bond acceptors (Lipinski definition) is 4. The van der Waals surface area contributed by atoms with Gasteiger partial charge in [0, 0.05) is 28.0 Å². The number of hydrogen-bond donors (Lipinski definition) is 3. The van der Waals surface area contributed by atoms with Crippen LogP contribution in [0.3, 0.4) is 0 Å². The highest BCUT2D eigenvalue weighted by molar-refractivity contribution is 6.30. The molecule has 0 radical (unpaired) electrons. The molecule has 3 heterocycles. The fourth-order valence-electron chi connectivity index (χ4n) is 4.62. The zero-order chi connectivity index (χ0) is 23.2. The Hall–Kier alpha value is -3.94. The number of fused-ring (bicyclic) bond motifs is 3. The Morgan fingerprint density at radius 3 is 2.62 bits per heavy atom. The van der Waals surface area contributed by atoms with Gasteiger partial charge in [0.2, 0.25) is 0 Å². The van der Waals surface area contributed by atoms with Crippen LogP contribution in [-0.4, -0.2) is 31.0 Å². The van der Waals surface area contributed by atoms with Gasteiger partial charge in [0.05, 0.1) is 34.1 Å². The molecule has 34 heavy (non-hydrogen) atoms. The van der Waals surface area contributed by atoms with Crippen LogP contribution in [0.2, 0.25) is 5.02 Å². The molecule has 3 aromatic heterocycles. The van der Waals surface area contributed by atoms with E-state index in [1.165, 1.54) is 0 Å². The number of aromatic amines is 2. The van der Waals surface area contributed by atoms with Gasteiger partial charge in [-0.2, -0.15) is 0 Å². The number of aryl methyl sites for hydroxylation is 1. The minimum Gasteiger partial charge on any atom is -0.345 e. The predicted octanol–water partition coefficient (Wildman–Crippen LogP) is 5.09. The molecular formula is C26H21ClN6O. The SMILES string of the molecule is NCCCn1c(-c2ccc(Cl)cc2)c(-c2nc3cc4[nH]cnc4cc3[nH]c2=O)c2ccccc21. The molecule has 0 aliphatic rings. The van der Waals surface area contributed by atoms with Crippen LogP contribution in [0.1, 0.15) is 6.42 Å². The van der Waals surface area contributed by atoms with Gasteiger partial charge in [-0.15, -0.1) is 0 Å². The summed E-state index contributed by atoms with van der Waals surface area (Å²) in [6, 6.07) is 19.5. The van der Waals surface area contributed by atoms with E-state index < -0.39 is 0 Å². The van der Waals surface area contributed by atoms with Crippen molar-refractivity contribution in [1.82, 2.24) is 24.5 Å². The Morgan fingerprint density at radius 1 is 1.00 bits per heavy atom. The second kappa shape index (κ2) is 8.13. The summed E-state index contributed by atoms with van der Waals surface area (Å²) in [6.07, 6.45) is 2.43. The highest BCUT2D eigenvalue weighted by Gasteiger charge is 2.23. The van der Waals surface area contributed by atoms with Gasteiger partial charge in [0.15, 0.2) is 0 Å². The quantitative estimate of drug-likeness (QED) is 0.327. The molecule has 6 rings (SSSR count). The van der Waals surface area contributed by atoms with Gasteiger partial charge in [-0.1, -0.05) is 41.9 Å². The van der Waals surface area contributed by atoms with Crippen molar-refractivity contribution in [2.45, 2.75) is 13.0 Å². The van der Waals surface area contributed by atoms with Crippen molar-refractivity contribution in [2.75, 3.05) is 6.54 Å². The van der Waals surface area contributed by atoms with E-state index in [4.69, 9.17) is 22.3 Å². The van der Waals surface area contributed by atoms with E-state index in [0.717, 1.165) is 51.7 Å². The maximum absolute atomic E-state index is 13.4. The van der Waals surface area contributed by atoms with Crippen LogP contribution >= 0.6 is 11.6 Å². The van der Waals surface area contributed by atoms with Crippen molar-refractivity contribution < 1.29 is 0 Å². The van der Waals surface area contributed by atoms with Gasteiger partial charge >= 0.3 is 0 Å². The molecule has 0 bridgehead atoms. The number of nitrogens with zero attached hydrogens (tertiary/aromatic N) is 3. The number of aromatic nitrogens is 5. The number of imidazole rings is 1. The molecule has 0 spiro atoms. The van der Waals surface area contributed by atoms with Crippen LogP contribution < -0.4 is 11.3 Å². The largest absolute Gasteiger partial charge is 0.345 e. The summed E-state index contributed by atoms with van der Waals surface area (Å²) in [5, 5.41) is 1.62. The minimum atomic E-state index is -0.251. The van der Waals surface area contributed by atoms with E-state index in [1.54, 1.807) is 6.33 Å². The Labute approximate surface area is 199 Å². The van der Waals surface area contributed by atoms with Crippen molar-refractivity contribution in [3.63, 3.8) is 0 Å². The first-order chi connectivity index (χ1) is 16.6. The predicted molar refractivity (Wildman–Crippen MR) is 137 cm³/mol. The van der Waals surface area contributed by atoms with Gasteiger partial charge in [-0.3, -0.25) is 4.79 Å². The summed E-state index contributed by atoms with van der Waals surface area (Å²) in [7, 11) is 0. The highest BCUT2D eigenvalue weighted by Crippen LogP contribution is 2.40. The fourth-order valence-corrected chi connectivity index (χ4v) is 4.74. The first-order valence-corrected chi connectivity index (χ1v) is 11.5. The fraction of sp³-hybridized carbons (Fsp3) is 0.115. The number of rotatable bonds is 5. The molecule has 0 unspecified atom stereocenters. The van der Waals surface area contributed by atoms with Crippen molar-refractivity contribution in [3.05, 3.63) is 82.4 Å². The Bertz CT molecular complexity index is 1730. The molecular weight excluding hydrogens is 448 g/mol. The van der Waals surface area contributed by atoms with Crippen LogP contribution in [0.15, 0.2) is 71.8 Å². The van der Waals surface area contributed by atoms with Crippen LogP contribution in [0, 0.1) is 0 Å². The van der Waals surface area contributed by atoms with Gasteiger partial charge in [0.1, 0.15) is 5.69 Å². The van der Waals surface area contributed by atoms with Crippen LogP contribution in [0.25, 0.3) is 55.5 Å². The second-order valence-electron chi connectivity index (χ2n) is 8.25. The number of benzene rings is 3. The van der Waals surface area contributed by atoms with Gasteiger partial charge in [-0.05, 0) is 48.9 Å². The number of H-pyrrole nitrogens is 2. The number of nitrogens with two attached hydrogens (primary N) is 1. The maximum atomic E-state index is 13.4. The van der Waals surface area contributed by atoms with E-state index in [1.807, 2.05) is 54.6 Å². The van der Waals surface area contributed by atoms with Crippen LogP contribution in [0.4, 0.5) is 0 Å². The summed E-state index contributed by atoms with van der Waals surface area (Å²) in [6.45, 7) is 1.28. The van der Waals surface area contributed by atoms with E-state index in [2.05, 4.69) is 25.6 Å². The molecule has 0 aliphatic carbocycles. The highest BCUT2D eigenvalue weighted by atomic mass is 35.5. The van der Waals surface area contributed by atoms with Gasteiger partial charge in [-0.25, -0.2) is 9.97 Å². The van der Waals surface area contributed by atoms with Crippen molar-refractivity contribution in [2.24, 2.45) is 5.73 Å². The average Bonchev–Trinajstić information content (AvgIpc) is 3.43. The molecule has 4 N–H and O–H groups in total. The Balaban J connectivity index is 1.71. The average molecular weight is 469 g/mol. The van der Waals surface area contributed by atoms with E-state index in [0.29, 0.717) is 28.3 Å². The zero-order valence-corrected chi connectivity index (χ0v) is 18.9. The monoisotopic (exact) mass is 468 g/mol. The van der Waals surface area contributed by atoms with Crippen LogP contribution in [-0.2, 0) is 6.54 Å². The topological polar surface area (TPSA) is 105 Å². The molecule has 0 fully saturated rings. The van der Waals surface area contributed by atoms with E-state index >= 15 is 0 Å². The summed E-state index contributed by atoms with van der Waals surface area (Å²) < 4.78 is 2.23. The van der Waals surface area contributed by atoms with Crippen molar-refractivity contribution >= 4 is 44.6 Å². The Morgan fingerprint density at radius 2 is 1.79 bits per heavy atom. The standard InChI is InChI=1S/C26H21ClN6O/c27-16-8-6-15(7-9-16)25-23(17-4-1-2-5-22(17)33(25)11-3-10-28)24-26(34)32-21-13-19-18(29-14-30-19)12-20(21)31-24/h1-2,4-9,12-14H,3,10-11,28H2,(H,29,30)(H,32,34). The molecule has 7 nitrogen and oxygen atoms in total. The summed E-state index contributed by atoms with van der Waals surface area (Å²) in [5.41, 5.74) is 12.7. The van der Waals surface area contributed by atoms with Gasteiger partial charge in [0.25, 0.3) is 5.56 Å². The third-order valence-electron chi connectivity index (χ3n) is 6.14. The number of nitrogens with one attached hydrogen (secondary N) is 2. The normalized spacial score (nSPS) is 11.7. The molecule has 0 amide bonds. The lowest BCUT2D eigenvalue weighted by atomic mass is 10.0. The first kappa shape index (κ1) is 20.7. The Kier molecular flexibility index (Phi) is 4.94. The van der Waals surface area contributed by atoms with Crippen molar-refractivity contribution in [1.29, 1.82) is 0 Å². The lowest BCUT2D eigenvalue weighted by Gasteiger charge is -2.13. The lowest BCUT2D eigenvalue weighted by molar-refractivity contribution is 0.676. The van der Waals surface area contributed by atoms with Crippen molar-refractivity contribution in [3.8, 4) is 22.5 Å². The smallest absolute Gasteiger partial charge is 0.275 e.